The Morgan fingerprint density at radius 1 is 1.39 bits per heavy atom. The zero-order valence-corrected chi connectivity index (χ0v) is 10.2. The monoisotopic (exact) mass is 241 g/mol. The summed E-state index contributed by atoms with van der Waals surface area (Å²) in [7, 11) is 0. The van der Waals surface area contributed by atoms with Gasteiger partial charge in [0.15, 0.2) is 11.7 Å². The molecule has 2 heterocycles. The molecule has 2 aromatic heterocycles. The maximum Gasteiger partial charge on any atom is 0.196 e. The lowest BCUT2D eigenvalue weighted by atomic mass is 10.1. The van der Waals surface area contributed by atoms with Gasteiger partial charge in [0, 0.05) is 23.9 Å². The van der Waals surface area contributed by atoms with E-state index >= 15 is 0 Å². The zero-order chi connectivity index (χ0) is 12.5. The minimum atomic E-state index is 0.547. The van der Waals surface area contributed by atoms with Crippen LogP contribution in [-0.2, 0) is 6.42 Å². The molecule has 0 spiro atoms. The third-order valence-electron chi connectivity index (χ3n) is 3.06. The van der Waals surface area contributed by atoms with Gasteiger partial charge in [0.05, 0.1) is 11.9 Å². The van der Waals surface area contributed by atoms with Crippen LogP contribution in [0.15, 0.2) is 34.9 Å². The Bertz CT molecular complexity index is 681. The number of fused-ring (bicyclic) bond motifs is 1. The summed E-state index contributed by atoms with van der Waals surface area (Å²) >= 11 is 0. The van der Waals surface area contributed by atoms with Crippen molar-refractivity contribution in [3.63, 3.8) is 0 Å². The first-order valence-corrected chi connectivity index (χ1v) is 6.01. The molecule has 0 aliphatic heterocycles. The summed E-state index contributed by atoms with van der Waals surface area (Å²) in [6.07, 6.45) is 2.41. The molecule has 3 rings (SSSR count). The minimum Gasteiger partial charge on any atom is -0.439 e. The molecule has 0 atom stereocenters. The maximum absolute atomic E-state index is 5.66. The second-order valence-corrected chi connectivity index (χ2v) is 4.38. The average Bonchev–Trinajstić information content (AvgIpc) is 2.96. The first-order chi connectivity index (χ1) is 8.78. The fourth-order valence-electron chi connectivity index (χ4n) is 2.11. The molecule has 3 N–H and O–H groups in total. The number of rotatable bonds is 3. The quantitative estimate of drug-likeness (QED) is 0.740. The first-order valence-electron chi connectivity index (χ1n) is 6.01. The van der Waals surface area contributed by atoms with E-state index in [1.807, 2.05) is 6.07 Å². The number of aromatic amines is 1. The summed E-state index contributed by atoms with van der Waals surface area (Å²) < 4.78 is 5.66. The molecule has 18 heavy (non-hydrogen) atoms. The SMILES string of the molecule is Cc1cccc2[nH]c(-c3cnc(CCN)o3)cc12. The molecule has 3 aromatic rings. The normalized spacial score (nSPS) is 11.2. The second kappa shape index (κ2) is 4.31. The van der Waals surface area contributed by atoms with Crippen LogP contribution >= 0.6 is 0 Å². The van der Waals surface area contributed by atoms with Crippen LogP contribution in [0.25, 0.3) is 22.4 Å². The van der Waals surface area contributed by atoms with Gasteiger partial charge in [-0.3, -0.25) is 0 Å². The van der Waals surface area contributed by atoms with E-state index in [0.717, 1.165) is 17.0 Å². The number of hydrogen-bond donors (Lipinski definition) is 2. The molecule has 0 amide bonds. The first kappa shape index (κ1) is 11.0. The number of nitrogens with two attached hydrogens (primary N) is 1. The standard InChI is InChI=1S/C14H15N3O/c1-9-3-2-4-11-10(9)7-12(17-11)13-8-16-14(18-13)5-6-15/h2-4,7-8,17H,5-6,15H2,1H3. The number of benzene rings is 1. The lowest BCUT2D eigenvalue weighted by Gasteiger charge is -1.92. The summed E-state index contributed by atoms with van der Waals surface area (Å²) in [6, 6.07) is 8.29. The molecular weight excluding hydrogens is 226 g/mol. The maximum atomic E-state index is 5.66. The summed E-state index contributed by atoms with van der Waals surface area (Å²) in [6.45, 7) is 2.64. The Labute approximate surface area is 105 Å². The number of aryl methyl sites for hydroxylation is 1. The van der Waals surface area contributed by atoms with Gasteiger partial charge in [0.25, 0.3) is 0 Å². The molecular formula is C14H15N3O. The van der Waals surface area contributed by atoms with E-state index in [9.17, 15) is 0 Å². The number of aromatic nitrogens is 2. The molecule has 1 aromatic carbocycles. The van der Waals surface area contributed by atoms with Gasteiger partial charge in [-0.2, -0.15) is 0 Å². The van der Waals surface area contributed by atoms with Gasteiger partial charge in [-0.25, -0.2) is 4.98 Å². The third-order valence-corrected chi connectivity index (χ3v) is 3.06. The van der Waals surface area contributed by atoms with Crippen LogP contribution in [0.5, 0.6) is 0 Å². The number of nitrogens with zero attached hydrogens (tertiary/aromatic N) is 1. The van der Waals surface area contributed by atoms with Gasteiger partial charge >= 0.3 is 0 Å². The van der Waals surface area contributed by atoms with Crippen molar-refractivity contribution in [2.45, 2.75) is 13.3 Å². The van der Waals surface area contributed by atoms with Gasteiger partial charge in [-0.15, -0.1) is 0 Å². The topological polar surface area (TPSA) is 67.8 Å². The van der Waals surface area contributed by atoms with Gasteiger partial charge < -0.3 is 15.1 Å². The molecule has 0 fully saturated rings. The van der Waals surface area contributed by atoms with Crippen molar-refractivity contribution in [2.24, 2.45) is 5.73 Å². The molecule has 0 saturated carbocycles. The highest BCUT2D eigenvalue weighted by Crippen LogP contribution is 2.26. The van der Waals surface area contributed by atoms with Crippen molar-refractivity contribution < 1.29 is 4.42 Å². The van der Waals surface area contributed by atoms with Crippen molar-refractivity contribution in [3.8, 4) is 11.5 Å². The average molecular weight is 241 g/mol. The Balaban J connectivity index is 2.05. The fourth-order valence-corrected chi connectivity index (χ4v) is 2.11. The van der Waals surface area contributed by atoms with E-state index < -0.39 is 0 Å². The predicted molar refractivity (Wildman–Crippen MR) is 71.3 cm³/mol. The molecule has 4 heteroatoms. The van der Waals surface area contributed by atoms with Crippen molar-refractivity contribution in [1.82, 2.24) is 9.97 Å². The van der Waals surface area contributed by atoms with E-state index in [0.29, 0.717) is 18.9 Å². The molecule has 0 aliphatic carbocycles. The predicted octanol–water partition coefficient (Wildman–Crippen LogP) is 2.63. The molecule has 0 radical (unpaired) electrons. The lowest BCUT2D eigenvalue weighted by molar-refractivity contribution is 0.507. The van der Waals surface area contributed by atoms with E-state index in [-0.39, 0.29) is 0 Å². The summed E-state index contributed by atoms with van der Waals surface area (Å²) in [5, 5.41) is 1.21. The lowest BCUT2D eigenvalue weighted by Crippen LogP contribution is -2.02. The second-order valence-electron chi connectivity index (χ2n) is 4.38. The van der Waals surface area contributed by atoms with Crippen LogP contribution in [0.4, 0.5) is 0 Å². The van der Waals surface area contributed by atoms with Gasteiger partial charge in [-0.1, -0.05) is 12.1 Å². The fraction of sp³-hybridized carbons (Fsp3) is 0.214. The molecule has 0 bridgehead atoms. The van der Waals surface area contributed by atoms with Crippen molar-refractivity contribution in [2.75, 3.05) is 6.54 Å². The van der Waals surface area contributed by atoms with Crippen molar-refractivity contribution >= 4 is 10.9 Å². The van der Waals surface area contributed by atoms with Crippen LogP contribution in [0.1, 0.15) is 11.5 Å². The highest BCUT2D eigenvalue weighted by molar-refractivity contribution is 5.87. The van der Waals surface area contributed by atoms with Crippen LogP contribution in [0, 0.1) is 6.92 Å². The Kier molecular flexibility index (Phi) is 2.64. The van der Waals surface area contributed by atoms with Crippen molar-refractivity contribution in [3.05, 3.63) is 41.9 Å². The van der Waals surface area contributed by atoms with E-state index in [1.54, 1.807) is 6.20 Å². The number of oxazole rings is 1. The van der Waals surface area contributed by atoms with Crippen LogP contribution in [0.2, 0.25) is 0 Å². The van der Waals surface area contributed by atoms with Gasteiger partial charge in [-0.05, 0) is 24.6 Å². The highest BCUT2D eigenvalue weighted by Gasteiger charge is 2.09. The summed E-state index contributed by atoms with van der Waals surface area (Å²) in [5.74, 6) is 1.44. The zero-order valence-electron chi connectivity index (χ0n) is 10.2. The Hall–Kier alpha value is -2.07. The molecule has 0 aliphatic rings. The molecule has 4 nitrogen and oxygen atoms in total. The van der Waals surface area contributed by atoms with E-state index in [4.69, 9.17) is 10.2 Å². The van der Waals surface area contributed by atoms with Gasteiger partial charge in [0.2, 0.25) is 0 Å². The summed E-state index contributed by atoms with van der Waals surface area (Å²) in [4.78, 5) is 7.55. The molecule has 92 valence electrons. The van der Waals surface area contributed by atoms with Crippen LogP contribution in [-0.4, -0.2) is 16.5 Å². The summed E-state index contributed by atoms with van der Waals surface area (Å²) in [5.41, 5.74) is 8.80. The van der Waals surface area contributed by atoms with Crippen molar-refractivity contribution in [1.29, 1.82) is 0 Å². The van der Waals surface area contributed by atoms with E-state index in [2.05, 4.69) is 35.1 Å². The Morgan fingerprint density at radius 3 is 3.06 bits per heavy atom. The Morgan fingerprint density at radius 2 is 2.28 bits per heavy atom. The number of H-pyrrole nitrogens is 1. The third kappa shape index (κ3) is 1.80. The number of hydrogen-bond acceptors (Lipinski definition) is 3. The smallest absolute Gasteiger partial charge is 0.196 e. The molecule has 0 unspecified atom stereocenters. The largest absolute Gasteiger partial charge is 0.439 e. The van der Waals surface area contributed by atoms with Crippen LogP contribution < -0.4 is 5.73 Å². The van der Waals surface area contributed by atoms with Crippen LogP contribution in [0.3, 0.4) is 0 Å². The van der Waals surface area contributed by atoms with Gasteiger partial charge in [0.1, 0.15) is 0 Å². The van der Waals surface area contributed by atoms with E-state index in [1.165, 1.54) is 10.9 Å². The minimum absolute atomic E-state index is 0.547. The molecule has 0 saturated heterocycles. The number of nitrogens with one attached hydrogen (secondary N) is 1. The highest BCUT2D eigenvalue weighted by atomic mass is 16.4.